The maximum atomic E-state index is 13.3. The second kappa shape index (κ2) is 7.76. The van der Waals surface area contributed by atoms with Crippen molar-refractivity contribution in [1.29, 1.82) is 0 Å². The molecule has 172 valence electrons. The average Bonchev–Trinajstić information content (AvgIpc) is 3.31. The van der Waals surface area contributed by atoms with Gasteiger partial charge in [0.2, 0.25) is 18.6 Å². The molecule has 1 aliphatic carbocycles. The molecule has 1 saturated heterocycles. The summed E-state index contributed by atoms with van der Waals surface area (Å²) in [5, 5.41) is 3.04. The number of rotatable bonds is 3. The number of carbonyl (C=O) groups excluding carboxylic acids is 2. The molecule has 3 heterocycles. The highest BCUT2D eigenvalue weighted by Gasteiger charge is 2.59. The number of nitrogens with zero attached hydrogens (tertiary/aromatic N) is 2. The van der Waals surface area contributed by atoms with Gasteiger partial charge in [-0.2, -0.15) is 0 Å². The molecule has 6 rings (SSSR count). The van der Waals surface area contributed by atoms with Crippen LogP contribution in [-0.4, -0.2) is 54.6 Å². The fraction of sp³-hybridized carbons (Fsp3) is 0.462. The van der Waals surface area contributed by atoms with Crippen LogP contribution in [0.4, 0.5) is 5.69 Å². The van der Waals surface area contributed by atoms with Crippen molar-refractivity contribution in [3.8, 4) is 11.5 Å². The summed E-state index contributed by atoms with van der Waals surface area (Å²) in [5.41, 5.74) is 3.38. The molecular formula is C26H29N3O4. The number of ether oxygens (including phenoxy) is 2. The van der Waals surface area contributed by atoms with Crippen molar-refractivity contribution in [1.82, 2.24) is 9.80 Å². The van der Waals surface area contributed by atoms with Crippen LogP contribution in [0.2, 0.25) is 0 Å². The summed E-state index contributed by atoms with van der Waals surface area (Å²) in [7, 11) is 2.04. The van der Waals surface area contributed by atoms with E-state index in [2.05, 4.69) is 34.5 Å². The minimum Gasteiger partial charge on any atom is -0.454 e. The van der Waals surface area contributed by atoms with E-state index in [1.807, 2.05) is 30.1 Å². The van der Waals surface area contributed by atoms with E-state index in [-0.39, 0.29) is 36.0 Å². The van der Waals surface area contributed by atoms with Crippen molar-refractivity contribution in [2.75, 3.05) is 32.2 Å². The number of anilines is 1. The number of carbonyl (C=O) groups is 2. The Morgan fingerprint density at radius 3 is 2.61 bits per heavy atom. The maximum Gasteiger partial charge on any atom is 0.240 e. The fourth-order valence-electron chi connectivity index (χ4n) is 5.79. The summed E-state index contributed by atoms with van der Waals surface area (Å²) < 4.78 is 10.7. The number of likely N-dealkylation sites (N-methyl/N-ethyl adjacent to an activating group) is 1. The molecule has 1 saturated carbocycles. The van der Waals surface area contributed by atoms with Crippen LogP contribution >= 0.6 is 0 Å². The predicted molar refractivity (Wildman–Crippen MR) is 123 cm³/mol. The zero-order valence-electron chi connectivity index (χ0n) is 18.9. The number of likely N-dealkylation sites (tertiary alicyclic amines) is 1. The smallest absolute Gasteiger partial charge is 0.240 e. The molecule has 0 bridgehead atoms. The number of hydrogen-bond acceptors (Lipinski definition) is 5. The molecule has 7 nitrogen and oxygen atoms in total. The zero-order chi connectivity index (χ0) is 22.6. The molecule has 33 heavy (non-hydrogen) atoms. The first-order valence-corrected chi connectivity index (χ1v) is 11.8. The highest BCUT2D eigenvalue weighted by Crippen LogP contribution is 2.59. The van der Waals surface area contributed by atoms with Crippen molar-refractivity contribution < 1.29 is 19.1 Å². The summed E-state index contributed by atoms with van der Waals surface area (Å²) in [4.78, 5) is 30.4. The Hall–Kier alpha value is -3.06. The summed E-state index contributed by atoms with van der Waals surface area (Å²) in [6, 6.07) is 13.8. The Bertz CT molecular complexity index is 1110. The first kappa shape index (κ1) is 20.5. The molecule has 2 fully saturated rings. The monoisotopic (exact) mass is 447 g/mol. The number of piperidine rings is 1. The second-order valence-corrected chi connectivity index (χ2v) is 9.91. The van der Waals surface area contributed by atoms with E-state index in [0.29, 0.717) is 11.5 Å². The van der Waals surface area contributed by atoms with E-state index < -0.39 is 0 Å². The Morgan fingerprint density at radius 1 is 1.03 bits per heavy atom. The highest BCUT2D eigenvalue weighted by atomic mass is 16.7. The largest absolute Gasteiger partial charge is 0.454 e. The van der Waals surface area contributed by atoms with Crippen LogP contribution in [0, 0.1) is 11.3 Å². The Kier molecular flexibility index (Phi) is 4.83. The van der Waals surface area contributed by atoms with Gasteiger partial charge in [-0.05, 0) is 61.4 Å². The van der Waals surface area contributed by atoms with E-state index in [1.165, 1.54) is 11.1 Å². The summed E-state index contributed by atoms with van der Waals surface area (Å²) in [6.45, 7) is 2.50. The minimum absolute atomic E-state index is 0.0180. The molecule has 3 aliphatic heterocycles. The normalized spacial score (nSPS) is 24.9. The van der Waals surface area contributed by atoms with Gasteiger partial charge in [0.1, 0.15) is 0 Å². The van der Waals surface area contributed by atoms with Crippen LogP contribution in [-0.2, 0) is 22.6 Å². The lowest BCUT2D eigenvalue weighted by molar-refractivity contribution is -0.138. The second-order valence-electron chi connectivity index (χ2n) is 9.91. The third-order valence-corrected chi connectivity index (χ3v) is 7.99. The molecule has 2 amide bonds. The first-order chi connectivity index (χ1) is 16.0. The van der Waals surface area contributed by atoms with Crippen molar-refractivity contribution in [3.63, 3.8) is 0 Å². The standard InChI is InChI=1S/C26H29N3O4/c1-28-15-18-5-3-2-4-17(18)12-21(28)25(31)29-10-8-26(9-11-29)14-20(26)24(30)27-19-6-7-22-23(13-19)33-16-32-22/h2-7,13,20-21H,8-12,14-16H2,1H3,(H,27,30). The van der Waals surface area contributed by atoms with Gasteiger partial charge in [-0.15, -0.1) is 0 Å². The molecule has 2 aromatic rings. The quantitative estimate of drug-likeness (QED) is 0.783. The van der Waals surface area contributed by atoms with Crippen LogP contribution in [0.1, 0.15) is 30.4 Å². The molecule has 2 aromatic carbocycles. The van der Waals surface area contributed by atoms with E-state index in [4.69, 9.17) is 9.47 Å². The van der Waals surface area contributed by atoms with Crippen LogP contribution in [0.5, 0.6) is 11.5 Å². The van der Waals surface area contributed by atoms with Gasteiger partial charge in [0, 0.05) is 37.3 Å². The van der Waals surface area contributed by atoms with E-state index in [0.717, 1.165) is 51.0 Å². The molecule has 1 N–H and O–H groups in total. The Balaban J connectivity index is 1.05. The topological polar surface area (TPSA) is 71.1 Å². The van der Waals surface area contributed by atoms with Gasteiger partial charge in [0.25, 0.3) is 0 Å². The van der Waals surface area contributed by atoms with Gasteiger partial charge in [-0.1, -0.05) is 24.3 Å². The molecule has 7 heteroatoms. The van der Waals surface area contributed by atoms with Crippen molar-refractivity contribution in [2.24, 2.45) is 11.3 Å². The number of hydrogen-bond donors (Lipinski definition) is 1. The number of nitrogens with one attached hydrogen (secondary N) is 1. The van der Waals surface area contributed by atoms with Gasteiger partial charge in [-0.25, -0.2) is 0 Å². The third kappa shape index (κ3) is 3.64. The van der Waals surface area contributed by atoms with Gasteiger partial charge in [0.15, 0.2) is 11.5 Å². The number of benzene rings is 2. The average molecular weight is 448 g/mol. The van der Waals surface area contributed by atoms with Crippen LogP contribution < -0.4 is 14.8 Å². The lowest BCUT2D eigenvalue weighted by atomic mass is 9.89. The Labute approximate surface area is 193 Å². The molecule has 1 spiro atoms. The van der Waals surface area contributed by atoms with Crippen LogP contribution in [0.15, 0.2) is 42.5 Å². The molecule has 0 radical (unpaired) electrons. The summed E-state index contributed by atoms with van der Waals surface area (Å²) in [6.07, 6.45) is 3.46. The van der Waals surface area contributed by atoms with Gasteiger partial charge < -0.3 is 19.7 Å². The molecule has 2 unspecified atom stereocenters. The van der Waals surface area contributed by atoms with Crippen LogP contribution in [0.25, 0.3) is 0 Å². The SMILES string of the molecule is CN1Cc2ccccc2CC1C(=O)N1CCC2(CC1)CC2C(=O)Nc1ccc2c(c1)OCO2. The highest BCUT2D eigenvalue weighted by molar-refractivity contribution is 5.95. The molecular weight excluding hydrogens is 418 g/mol. The fourth-order valence-corrected chi connectivity index (χ4v) is 5.79. The summed E-state index contributed by atoms with van der Waals surface area (Å²) in [5.74, 6) is 1.69. The van der Waals surface area contributed by atoms with E-state index >= 15 is 0 Å². The first-order valence-electron chi connectivity index (χ1n) is 11.8. The third-order valence-electron chi connectivity index (χ3n) is 7.99. The van der Waals surface area contributed by atoms with Crippen molar-refractivity contribution in [3.05, 3.63) is 53.6 Å². The lowest BCUT2D eigenvalue weighted by Gasteiger charge is -2.39. The van der Waals surface area contributed by atoms with Gasteiger partial charge >= 0.3 is 0 Å². The van der Waals surface area contributed by atoms with Gasteiger partial charge in [0.05, 0.1) is 6.04 Å². The Morgan fingerprint density at radius 2 is 1.79 bits per heavy atom. The van der Waals surface area contributed by atoms with Crippen molar-refractivity contribution in [2.45, 2.75) is 38.3 Å². The van der Waals surface area contributed by atoms with E-state index in [9.17, 15) is 9.59 Å². The minimum atomic E-state index is -0.0988. The zero-order valence-corrected chi connectivity index (χ0v) is 18.9. The number of amides is 2. The predicted octanol–water partition coefficient (Wildman–Crippen LogP) is 3.04. The van der Waals surface area contributed by atoms with Crippen molar-refractivity contribution >= 4 is 17.5 Å². The number of fused-ring (bicyclic) bond motifs is 2. The lowest BCUT2D eigenvalue weighted by Crippen LogP contribution is -2.52. The van der Waals surface area contributed by atoms with Gasteiger partial charge in [-0.3, -0.25) is 14.5 Å². The maximum absolute atomic E-state index is 13.3. The molecule has 0 aromatic heterocycles. The summed E-state index contributed by atoms with van der Waals surface area (Å²) >= 11 is 0. The molecule has 2 atom stereocenters. The van der Waals surface area contributed by atoms with E-state index in [1.54, 1.807) is 0 Å². The molecule has 4 aliphatic rings. The van der Waals surface area contributed by atoms with Crippen LogP contribution in [0.3, 0.4) is 0 Å².